The van der Waals surface area contributed by atoms with Gasteiger partial charge in [0, 0.05) is 30.9 Å². The molecule has 2 N–H and O–H groups in total. The number of anilines is 1. The zero-order valence-corrected chi connectivity index (χ0v) is 13.1. The normalized spacial score (nSPS) is 13.0. The van der Waals surface area contributed by atoms with Gasteiger partial charge in [0.05, 0.1) is 0 Å². The van der Waals surface area contributed by atoms with Crippen LogP contribution < -0.4 is 10.0 Å². The van der Waals surface area contributed by atoms with Crippen LogP contribution in [-0.2, 0) is 10.0 Å². The zero-order chi connectivity index (χ0) is 15.7. The number of rotatable bonds is 6. The van der Waals surface area contributed by atoms with Gasteiger partial charge in [0.25, 0.3) is 10.0 Å². The second kappa shape index (κ2) is 6.02. The minimum absolute atomic E-state index is 0.113. The second-order valence-corrected chi connectivity index (χ2v) is 7.48. The van der Waals surface area contributed by atoms with Crippen molar-refractivity contribution in [1.82, 2.24) is 14.1 Å². The van der Waals surface area contributed by atoms with Crippen LogP contribution in [0.25, 0.3) is 4.96 Å². The average Bonchev–Trinajstić information content (AvgIpc) is 2.92. The van der Waals surface area contributed by atoms with Crippen LogP contribution in [0.1, 0.15) is 0 Å². The van der Waals surface area contributed by atoms with E-state index >= 15 is 0 Å². The first kappa shape index (κ1) is 16.4. The van der Waals surface area contributed by atoms with Crippen molar-refractivity contribution in [3.63, 3.8) is 0 Å². The minimum Gasteiger partial charge on any atom is -0.371 e. The molecule has 0 aromatic carbocycles. The third-order valence-electron chi connectivity index (χ3n) is 2.37. The maximum absolute atomic E-state index is 12.2. The molecule has 6 nitrogen and oxygen atoms in total. The molecule has 0 saturated heterocycles. The highest BCUT2D eigenvalue weighted by Crippen LogP contribution is 2.30. The first-order valence-electron chi connectivity index (χ1n) is 5.58. The Bertz CT molecular complexity index is 722. The summed E-state index contributed by atoms with van der Waals surface area (Å²) in [6, 6.07) is 0. The number of aromatic nitrogens is 2. The molecule has 0 aliphatic rings. The summed E-state index contributed by atoms with van der Waals surface area (Å²) < 4.78 is 63.9. The summed E-state index contributed by atoms with van der Waals surface area (Å²) in [5, 5.41) is 4.22. The second-order valence-electron chi connectivity index (χ2n) is 3.76. The number of sulfonamides is 1. The molecule has 0 amide bonds. The summed E-state index contributed by atoms with van der Waals surface area (Å²) in [6.45, 7) is -0.326. The monoisotopic (exact) mass is 360 g/mol. The summed E-state index contributed by atoms with van der Waals surface area (Å²) in [5.41, 5.74) is -4.38. The largest absolute Gasteiger partial charge is 0.441 e. The molecule has 0 fully saturated rings. The van der Waals surface area contributed by atoms with E-state index in [1.54, 1.807) is 5.38 Å². The van der Waals surface area contributed by atoms with Gasteiger partial charge in [-0.1, -0.05) is 0 Å². The zero-order valence-electron chi connectivity index (χ0n) is 10.6. The van der Waals surface area contributed by atoms with Crippen molar-refractivity contribution in [2.75, 3.05) is 24.7 Å². The molecular formula is C9H11F3N4O2S3. The molecule has 2 heterocycles. The summed E-state index contributed by atoms with van der Waals surface area (Å²) in [4.78, 5) is 4.57. The topological polar surface area (TPSA) is 75.5 Å². The molecule has 0 atom stereocenters. The fraction of sp³-hybridized carbons (Fsp3) is 0.444. The van der Waals surface area contributed by atoms with E-state index in [2.05, 4.69) is 15.0 Å². The van der Waals surface area contributed by atoms with E-state index in [-0.39, 0.29) is 29.2 Å². The van der Waals surface area contributed by atoms with Crippen molar-refractivity contribution < 1.29 is 21.6 Å². The predicted molar refractivity (Wildman–Crippen MR) is 76.3 cm³/mol. The Labute approximate surface area is 126 Å². The number of thioether (sulfide) groups is 1. The van der Waals surface area contributed by atoms with E-state index in [1.165, 1.54) is 29.0 Å². The van der Waals surface area contributed by atoms with Gasteiger partial charge in [-0.15, -0.1) is 11.3 Å². The molecule has 0 saturated carbocycles. The van der Waals surface area contributed by atoms with Crippen molar-refractivity contribution in [2.24, 2.45) is 0 Å². The highest BCUT2D eigenvalue weighted by molar-refractivity contribution is 8.00. The van der Waals surface area contributed by atoms with Gasteiger partial charge in [-0.3, -0.25) is 4.40 Å². The van der Waals surface area contributed by atoms with Crippen LogP contribution in [0.2, 0.25) is 0 Å². The molecule has 0 aliphatic heterocycles. The quantitative estimate of drug-likeness (QED) is 0.771. The van der Waals surface area contributed by atoms with Crippen molar-refractivity contribution in [1.29, 1.82) is 0 Å². The lowest BCUT2D eigenvalue weighted by molar-refractivity contribution is -0.0327. The minimum atomic E-state index is -4.38. The van der Waals surface area contributed by atoms with Gasteiger partial charge in [0.2, 0.25) is 0 Å². The van der Waals surface area contributed by atoms with Crippen LogP contribution in [0.15, 0.2) is 16.6 Å². The molecule has 0 unspecified atom stereocenters. The molecule has 0 spiro atoms. The Hall–Kier alpha value is -0.980. The van der Waals surface area contributed by atoms with Crippen molar-refractivity contribution in [3.8, 4) is 0 Å². The summed E-state index contributed by atoms with van der Waals surface area (Å²) in [5.74, 6) is -0.249. The highest BCUT2D eigenvalue weighted by Gasteiger charge is 2.29. The average molecular weight is 360 g/mol. The van der Waals surface area contributed by atoms with Gasteiger partial charge in [-0.05, 0) is 11.8 Å². The lowest BCUT2D eigenvalue weighted by Gasteiger charge is -2.08. The van der Waals surface area contributed by atoms with E-state index in [9.17, 15) is 21.6 Å². The fourth-order valence-corrected chi connectivity index (χ4v) is 4.25. The van der Waals surface area contributed by atoms with Crippen LogP contribution >= 0.6 is 23.1 Å². The molecule has 0 aliphatic carbocycles. The molecule has 2 rings (SSSR count). The number of halogens is 3. The van der Waals surface area contributed by atoms with Crippen molar-refractivity contribution in [2.45, 2.75) is 10.5 Å². The molecule has 0 radical (unpaired) electrons. The lowest BCUT2D eigenvalue weighted by atomic mass is 10.7. The van der Waals surface area contributed by atoms with Gasteiger partial charge in [-0.2, -0.15) is 13.2 Å². The Morgan fingerprint density at radius 2 is 2.19 bits per heavy atom. The number of imidazole rings is 1. The lowest BCUT2D eigenvalue weighted by Crippen LogP contribution is -2.28. The van der Waals surface area contributed by atoms with Crippen molar-refractivity contribution >= 4 is 43.9 Å². The van der Waals surface area contributed by atoms with Crippen molar-refractivity contribution in [3.05, 3.63) is 11.6 Å². The Morgan fingerprint density at radius 3 is 2.81 bits per heavy atom. The number of alkyl halides is 3. The third-order valence-corrected chi connectivity index (χ3v) is 5.34. The van der Waals surface area contributed by atoms with Gasteiger partial charge in [0.1, 0.15) is 0 Å². The Balaban J connectivity index is 2.16. The fourth-order valence-electron chi connectivity index (χ4n) is 1.60. The number of hydrogen-bond donors (Lipinski definition) is 2. The van der Waals surface area contributed by atoms with Crippen LogP contribution in [0.4, 0.5) is 19.0 Å². The van der Waals surface area contributed by atoms with Crippen LogP contribution in [0, 0.1) is 0 Å². The molecule has 12 heteroatoms. The van der Waals surface area contributed by atoms with E-state index in [0.717, 1.165) is 0 Å². The van der Waals surface area contributed by atoms with E-state index in [0.29, 0.717) is 4.96 Å². The Kier molecular flexibility index (Phi) is 4.70. The SMILES string of the molecule is CNc1nc2sccn2c1S(=O)(=O)NCCSC(F)(F)F. The summed E-state index contributed by atoms with van der Waals surface area (Å²) in [7, 11) is -2.44. The molecular weight excluding hydrogens is 349 g/mol. The van der Waals surface area contributed by atoms with Crippen LogP contribution in [0.3, 0.4) is 0 Å². The number of nitrogens with zero attached hydrogens (tertiary/aromatic N) is 2. The van der Waals surface area contributed by atoms with Gasteiger partial charge >= 0.3 is 5.51 Å². The molecule has 2 aromatic rings. The molecule has 0 bridgehead atoms. The third kappa shape index (κ3) is 3.81. The predicted octanol–water partition coefficient (Wildman–Crippen LogP) is 1.97. The summed E-state index contributed by atoms with van der Waals surface area (Å²) >= 11 is 0.976. The van der Waals surface area contributed by atoms with E-state index in [4.69, 9.17) is 0 Å². The number of hydrogen-bond acceptors (Lipinski definition) is 6. The van der Waals surface area contributed by atoms with E-state index < -0.39 is 21.3 Å². The van der Waals surface area contributed by atoms with Gasteiger partial charge in [-0.25, -0.2) is 18.1 Å². The summed E-state index contributed by atoms with van der Waals surface area (Å²) in [6.07, 6.45) is 1.53. The molecule has 21 heavy (non-hydrogen) atoms. The van der Waals surface area contributed by atoms with Gasteiger partial charge < -0.3 is 5.32 Å². The first-order valence-corrected chi connectivity index (χ1v) is 8.93. The van der Waals surface area contributed by atoms with E-state index in [1.807, 2.05) is 0 Å². The first-order chi connectivity index (χ1) is 9.74. The number of thiazole rings is 1. The maximum atomic E-state index is 12.2. The smallest absolute Gasteiger partial charge is 0.371 e. The molecule has 2 aromatic heterocycles. The Morgan fingerprint density at radius 1 is 1.48 bits per heavy atom. The molecule has 118 valence electrons. The highest BCUT2D eigenvalue weighted by atomic mass is 32.2. The van der Waals surface area contributed by atoms with Gasteiger partial charge in [0.15, 0.2) is 15.8 Å². The van der Waals surface area contributed by atoms with Crippen LogP contribution in [0.5, 0.6) is 0 Å². The number of fused-ring (bicyclic) bond motifs is 1. The maximum Gasteiger partial charge on any atom is 0.441 e. The van der Waals surface area contributed by atoms with Crippen LogP contribution in [-0.4, -0.2) is 42.7 Å². The number of nitrogens with one attached hydrogen (secondary N) is 2. The standard InChI is InChI=1S/C9H11F3N4O2S3/c1-13-6-7(16-3-5-19-8(16)15-6)21(17,18)14-2-4-20-9(10,11)12/h3,5,13-14H,2,4H2,1H3.